The van der Waals surface area contributed by atoms with E-state index in [2.05, 4.69) is 10.4 Å². The van der Waals surface area contributed by atoms with Crippen molar-refractivity contribution in [1.82, 2.24) is 15.1 Å². The Balaban J connectivity index is 2.07. The van der Waals surface area contributed by atoms with E-state index in [-0.39, 0.29) is 18.6 Å². The van der Waals surface area contributed by atoms with Crippen LogP contribution in [-0.2, 0) is 0 Å². The zero-order valence-electron chi connectivity index (χ0n) is 12.1. The molecule has 0 aliphatic heterocycles. The number of benzene rings is 1. The number of aliphatic hydroxyl groups excluding tert-OH is 1. The van der Waals surface area contributed by atoms with Crippen molar-refractivity contribution in [1.29, 1.82) is 0 Å². The lowest BCUT2D eigenvalue weighted by Gasteiger charge is -2.11. The Morgan fingerprint density at radius 2 is 2.14 bits per heavy atom. The molecule has 0 radical (unpaired) electrons. The number of halogens is 2. The molecule has 0 saturated carbocycles. The van der Waals surface area contributed by atoms with Gasteiger partial charge in [0.2, 0.25) is 0 Å². The largest absolute Gasteiger partial charge is 0.396 e. The third-order valence-electron chi connectivity index (χ3n) is 3.16. The number of carbonyl (C=O) groups is 1. The second kappa shape index (κ2) is 7.63. The predicted octanol–water partition coefficient (Wildman–Crippen LogP) is 3.07. The van der Waals surface area contributed by atoms with Crippen molar-refractivity contribution >= 4 is 29.1 Å². The van der Waals surface area contributed by atoms with E-state index in [1.54, 1.807) is 35.1 Å². The lowest BCUT2D eigenvalue weighted by molar-refractivity contribution is 0.0931. The maximum absolute atomic E-state index is 12.1. The van der Waals surface area contributed by atoms with Crippen molar-refractivity contribution in [3.8, 4) is 5.69 Å². The van der Waals surface area contributed by atoms with Crippen molar-refractivity contribution < 1.29 is 9.90 Å². The summed E-state index contributed by atoms with van der Waals surface area (Å²) in [6.45, 7) is 2.01. The minimum atomic E-state index is -0.246. The molecular weight excluding hydrogens is 325 g/mol. The Kier molecular flexibility index (Phi) is 5.83. The summed E-state index contributed by atoms with van der Waals surface area (Å²) in [6.07, 6.45) is 3.06. The third-order valence-corrected chi connectivity index (χ3v) is 3.90. The standard InChI is InChI=1S/C15H17Cl2N3O2/c1-10(3-2-8-21)18-15(22)14-6-7-20(19-14)11-4-5-12(16)13(17)9-11/h4-7,9-10,21H,2-3,8H2,1H3,(H,18,22). The summed E-state index contributed by atoms with van der Waals surface area (Å²) in [5.41, 5.74) is 1.05. The Morgan fingerprint density at radius 1 is 1.36 bits per heavy atom. The van der Waals surface area contributed by atoms with E-state index in [0.717, 1.165) is 12.1 Å². The number of aliphatic hydroxyl groups is 1. The lowest BCUT2D eigenvalue weighted by atomic mass is 10.2. The molecule has 1 unspecified atom stereocenters. The highest BCUT2D eigenvalue weighted by Gasteiger charge is 2.13. The molecule has 0 aliphatic carbocycles. The minimum Gasteiger partial charge on any atom is -0.396 e. The van der Waals surface area contributed by atoms with Crippen molar-refractivity contribution in [2.24, 2.45) is 0 Å². The van der Waals surface area contributed by atoms with Gasteiger partial charge in [0, 0.05) is 18.8 Å². The van der Waals surface area contributed by atoms with E-state index in [9.17, 15) is 4.79 Å². The van der Waals surface area contributed by atoms with Gasteiger partial charge in [0.05, 0.1) is 15.7 Å². The molecule has 1 heterocycles. The van der Waals surface area contributed by atoms with Crippen LogP contribution in [0.2, 0.25) is 10.0 Å². The molecule has 2 N–H and O–H groups in total. The van der Waals surface area contributed by atoms with E-state index in [1.165, 1.54) is 0 Å². The van der Waals surface area contributed by atoms with Crippen LogP contribution >= 0.6 is 23.2 Å². The number of hydrogen-bond acceptors (Lipinski definition) is 3. The van der Waals surface area contributed by atoms with E-state index < -0.39 is 0 Å². The molecule has 2 aromatic rings. The number of aromatic nitrogens is 2. The molecular formula is C15H17Cl2N3O2. The number of hydrogen-bond donors (Lipinski definition) is 2. The molecule has 22 heavy (non-hydrogen) atoms. The SMILES string of the molecule is CC(CCCO)NC(=O)c1ccn(-c2ccc(Cl)c(Cl)c2)n1. The Hall–Kier alpha value is -1.56. The summed E-state index contributed by atoms with van der Waals surface area (Å²) >= 11 is 11.9. The van der Waals surface area contributed by atoms with Crippen molar-refractivity contribution in [3.05, 3.63) is 46.2 Å². The monoisotopic (exact) mass is 341 g/mol. The van der Waals surface area contributed by atoms with Crippen LogP contribution in [0.1, 0.15) is 30.3 Å². The van der Waals surface area contributed by atoms with Crippen LogP contribution in [0.15, 0.2) is 30.5 Å². The van der Waals surface area contributed by atoms with E-state index in [1.807, 2.05) is 6.92 Å². The molecule has 0 aliphatic rings. The molecule has 2 rings (SSSR count). The van der Waals surface area contributed by atoms with Crippen LogP contribution in [0.3, 0.4) is 0 Å². The molecule has 1 aromatic heterocycles. The summed E-state index contributed by atoms with van der Waals surface area (Å²) in [6, 6.07) is 6.75. The van der Waals surface area contributed by atoms with Gasteiger partial charge in [-0.15, -0.1) is 0 Å². The van der Waals surface area contributed by atoms with Gasteiger partial charge in [-0.2, -0.15) is 5.10 Å². The predicted molar refractivity (Wildman–Crippen MR) is 86.8 cm³/mol. The minimum absolute atomic E-state index is 0.0187. The molecule has 7 heteroatoms. The smallest absolute Gasteiger partial charge is 0.271 e. The summed E-state index contributed by atoms with van der Waals surface area (Å²) in [4.78, 5) is 12.1. The highest BCUT2D eigenvalue weighted by atomic mass is 35.5. The van der Waals surface area contributed by atoms with Crippen molar-refractivity contribution in [2.75, 3.05) is 6.61 Å². The van der Waals surface area contributed by atoms with Gasteiger partial charge in [0.15, 0.2) is 5.69 Å². The van der Waals surface area contributed by atoms with Crippen LogP contribution in [0.4, 0.5) is 0 Å². The molecule has 0 saturated heterocycles. The van der Waals surface area contributed by atoms with Crippen LogP contribution in [0.5, 0.6) is 0 Å². The first-order valence-electron chi connectivity index (χ1n) is 6.94. The van der Waals surface area contributed by atoms with E-state index in [4.69, 9.17) is 28.3 Å². The zero-order chi connectivity index (χ0) is 16.1. The number of rotatable bonds is 6. The molecule has 118 valence electrons. The average Bonchev–Trinajstić information content (AvgIpc) is 2.98. The first-order valence-corrected chi connectivity index (χ1v) is 7.69. The average molecular weight is 342 g/mol. The van der Waals surface area contributed by atoms with Crippen LogP contribution in [0, 0.1) is 0 Å². The summed E-state index contributed by atoms with van der Waals surface area (Å²) in [5.74, 6) is -0.246. The van der Waals surface area contributed by atoms with Gasteiger partial charge in [-0.3, -0.25) is 4.79 Å². The normalized spacial score (nSPS) is 12.2. The van der Waals surface area contributed by atoms with Gasteiger partial charge >= 0.3 is 0 Å². The topological polar surface area (TPSA) is 67.2 Å². The van der Waals surface area contributed by atoms with Gasteiger partial charge in [0.1, 0.15) is 0 Å². The summed E-state index contributed by atoms with van der Waals surface area (Å²) in [5, 5.41) is 16.8. The van der Waals surface area contributed by atoms with Gasteiger partial charge in [-0.05, 0) is 44.0 Å². The molecule has 1 amide bonds. The number of nitrogens with zero attached hydrogens (tertiary/aromatic N) is 2. The maximum atomic E-state index is 12.1. The first kappa shape index (κ1) is 16.8. The van der Waals surface area contributed by atoms with Crippen LogP contribution < -0.4 is 5.32 Å². The Bertz CT molecular complexity index is 658. The highest BCUT2D eigenvalue weighted by molar-refractivity contribution is 6.42. The second-order valence-electron chi connectivity index (χ2n) is 4.98. The fraction of sp³-hybridized carbons (Fsp3) is 0.333. The van der Waals surface area contributed by atoms with Crippen LogP contribution in [-0.4, -0.2) is 33.4 Å². The van der Waals surface area contributed by atoms with Gasteiger partial charge in [0.25, 0.3) is 5.91 Å². The molecule has 5 nitrogen and oxygen atoms in total. The fourth-order valence-corrected chi connectivity index (χ4v) is 2.28. The maximum Gasteiger partial charge on any atom is 0.271 e. The summed E-state index contributed by atoms with van der Waals surface area (Å²) in [7, 11) is 0. The third kappa shape index (κ3) is 4.22. The van der Waals surface area contributed by atoms with Crippen LogP contribution in [0.25, 0.3) is 5.69 Å². The van der Waals surface area contributed by atoms with Gasteiger partial charge in [-0.25, -0.2) is 4.68 Å². The zero-order valence-corrected chi connectivity index (χ0v) is 13.6. The quantitative estimate of drug-likeness (QED) is 0.848. The van der Waals surface area contributed by atoms with Crippen molar-refractivity contribution in [2.45, 2.75) is 25.8 Å². The number of amides is 1. The molecule has 0 spiro atoms. The van der Waals surface area contributed by atoms with Gasteiger partial charge in [-0.1, -0.05) is 23.2 Å². The number of carbonyl (C=O) groups excluding carboxylic acids is 1. The van der Waals surface area contributed by atoms with Crippen molar-refractivity contribution in [3.63, 3.8) is 0 Å². The summed E-state index contributed by atoms with van der Waals surface area (Å²) < 4.78 is 1.56. The molecule has 1 atom stereocenters. The lowest BCUT2D eigenvalue weighted by Crippen LogP contribution is -2.33. The molecule has 0 fully saturated rings. The fourth-order valence-electron chi connectivity index (χ4n) is 1.98. The Labute approximate surface area is 138 Å². The molecule has 0 bridgehead atoms. The molecule has 1 aromatic carbocycles. The van der Waals surface area contributed by atoms with E-state index >= 15 is 0 Å². The van der Waals surface area contributed by atoms with E-state index in [0.29, 0.717) is 22.2 Å². The first-order chi connectivity index (χ1) is 10.5. The Morgan fingerprint density at radius 3 is 2.82 bits per heavy atom. The second-order valence-corrected chi connectivity index (χ2v) is 5.80. The van der Waals surface area contributed by atoms with Gasteiger partial charge < -0.3 is 10.4 Å². The number of nitrogens with one attached hydrogen (secondary N) is 1. The highest BCUT2D eigenvalue weighted by Crippen LogP contribution is 2.24.